The molecule has 0 spiro atoms. The molecule has 0 bridgehead atoms. The van der Waals surface area contributed by atoms with E-state index in [0.29, 0.717) is 5.39 Å². The van der Waals surface area contributed by atoms with Crippen LogP contribution in [0.4, 0.5) is 0 Å². The lowest BCUT2D eigenvalue weighted by molar-refractivity contribution is 0.101. The normalized spacial score (nSPS) is 10.7. The number of phenolic OH excluding ortho intramolecular Hbond substituents is 3. The summed E-state index contributed by atoms with van der Waals surface area (Å²) in [6.45, 7) is 2.86. The maximum absolute atomic E-state index is 11.5. The van der Waals surface area contributed by atoms with Crippen molar-refractivity contribution in [3.8, 4) is 17.2 Å². The van der Waals surface area contributed by atoms with Crippen molar-refractivity contribution in [2.45, 2.75) is 13.8 Å². The fourth-order valence-corrected chi connectivity index (χ4v) is 1.90. The van der Waals surface area contributed by atoms with Gasteiger partial charge in [-0.2, -0.15) is 0 Å². The predicted octanol–water partition coefficient (Wildman–Crippen LogP) is 2.47. The fourth-order valence-electron chi connectivity index (χ4n) is 1.90. The molecule has 0 aliphatic carbocycles. The van der Waals surface area contributed by atoms with E-state index in [-0.39, 0.29) is 39.5 Å². The Balaban J connectivity index is 3.03. The molecule has 0 saturated heterocycles. The van der Waals surface area contributed by atoms with Gasteiger partial charge in [-0.3, -0.25) is 4.79 Å². The molecule has 0 amide bonds. The minimum absolute atomic E-state index is 0.0461. The van der Waals surface area contributed by atoms with Crippen molar-refractivity contribution in [2.24, 2.45) is 0 Å². The molecule has 4 nitrogen and oxygen atoms in total. The molecule has 0 aliphatic heterocycles. The van der Waals surface area contributed by atoms with Crippen molar-refractivity contribution in [1.29, 1.82) is 0 Å². The lowest BCUT2D eigenvalue weighted by atomic mass is 9.97. The van der Waals surface area contributed by atoms with E-state index in [9.17, 15) is 20.1 Å². The van der Waals surface area contributed by atoms with Crippen LogP contribution in [0.15, 0.2) is 18.2 Å². The van der Waals surface area contributed by atoms with Crippen molar-refractivity contribution >= 4 is 16.6 Å². The number of phenols is 3. The highest BCUT2D eigenvalue weighted by molar-refractivity contribution is 6.12. The summed E-state index contributed by atoms with van der Waals surface area (Å²) in [7, 11) is 0. The smallest absolute Gasteiger partial charge is 0.164 e. The second-order valence-corrected chi connectivity index (χ2v) is 3.98. The number of carbonyl (C=O) groups is 1. The van der Waals surface area contributed by atoms with E-state index in [1.807, 2.05) is 0 Å². The number of rotatable bonds is 1. The van der Waals surface area contributed by atoms with E-state index in [4.69, 9.17) is 0 Å². The first-order chi connectivity index (χ1) is 7.93. The highest BCUT2D eigenvalue weighted by Gasteiger charge is 2.17. The zero-order valence-electron chi connectivity index (χ0n) is 9.48. The van der Waals surface area contributed by atoms with Gasteiger partial charge in [-0.15, -0.1) is 0 Å². The van der Waals surface area contributed by atoms with Gasteiger partial charge in [0.05, 0.1) is 5.56 Å². The first-order valence-electron chi connectivity index (χ1n) is 5.11. The molecule has 0 heterocycles. The highest BCUT2D eigenvalue weighted by atomic mass is 16.3. The average molecular weight is 232 g/mol. The lowest BCUT2D eigenvalue weighted by Crippen LogP contribution is -1.96. The number of hydrogen-bond donors (Lipinski definition) is 3. The van der Waals surface area contributed by atoms with Gasteiger partial charge < -0.3 is 15.3 Å². The van der Waals surface area contributed by atoms with Crippen LogP contribution in [0.1, 0.15) is 22.8 Å². The minimum atomic E-state index is -0.339. The van der Waals surface area contributed by atoms with Gasteiger partial charge in [0.2, 0.25) is 0 Å². The molecule has 88 valence electrons. The second kappa shape index (κ2) is 3.66. The maximum Gasteiger partial charge on any atom is 0.164 e. The maximum atomic E-state index is 11.5. The van der Waals surface area contributed by atoms with E-state index >= 15 is 0 Å². The zero-order chi connectivity index (χ0) is 12.7. The van der Waals surface area contributed by atoms with Crippen LogP contribution in [0, 0.1) is 6.92 Å². The molecular weight excluding hydrogens is 220 g/mol. The minimum Gasteiger partial charge on any atom is -0.508 e. The molecule has 2 aromatic rings. The summed E-state index contributed by atoms with van der Waals surface area (Å²) in [5, 5.41) is 30.0. The first-order valence-corrected chi connectivity index (χ1v) is 5.11. The molecule has 2 rings (SSSR count). The van der Waals surface area contributed by atoms with Gasteiger partial charge in [0.1, 0.15) is 17.2 Å². The van der Waals surface area contributed by atoms with E-state index < -0.39 is 0 Å². The summed E-state index contributed by atoms with van der Waals surface area (Å²) in [5.41, 5.74) is 0.355. The van der Waals surface area contributed by atoms with E-state index in [2.05, 4.69) is 0 Å². The third-order valence-corrected chi connectivity index (χ3v) is 2.84. The number of benzene rings is 2. The van der Waals surface area contributed by atoms with Crippen LogP contribution in [0.25, 0.3) is 10.8 Å². The van der Waals surface area contributed by atoms with Crippen LogP contribution in [-0.4, -0.2) is 21.1 Å². The molecule has 0 atom stereocenters. The van der Waals surface area contributed by atoms with Crippen LogP contribution in [-0.2, 0) is 0 Å². The van der Waals surface area contributed by atoms with Crippen molar-refractivity contribution in [2.75, 3.05) is 0 Å². The molecule has 0 radical (unpaired) electrons. The Hall–Kier alpha value is -2.23. The zero-order valence-corrected chi connectivity index (χ0v) is 9.48. The van der Waals surface area contributed by atoms with Gasteiger partial charge in [0, 0.05) is 10.9 Å². The molecule has 0 saturated carbocycles. The number of Topliss-reactive ketones (excluding diaryl/α,β-unsaturated/α-hetero) is 1. The summed E-state index contributed by atoms with van der Waals surface area (Å²) in [5.74, 6) is -0.741. The lowest BCUT2D eigenvalue weighted by Gasteiger charge is -2.11. The van der Waals surface area contributed by atoms with E-state index in [0.717, 1.165) is 0 Å². The van der Waals surface area contributed by atoms with Crippen molar-refractivity contribution in [1.82, 2.24) is 0 Å². The van der Waals surface area contributed by atoms with Crippen molar-refractivity contribution in [3.63, 3.8) is 0 Å². The molecule has 0 fully saturated rings. The molecular formula is C13H12O4. The monoisotopic (exact) mass is 232 g/mol. The molecule has 3 N–H and O–H groups in total. The molecule has 2 aromatic carbocycles. The standard InChI is InChI=1S/C13H12O4/c1-6-10(16)5-8-3-4-9(15)11(7(2)14)12(8)13(6)17/h3-5,15-17H,1-2H3. The Labute approximate surface area is 97.8 Å². The fraction of sp³-hybridized carbons (Fsp3) is 0.154. The summed E-state index contributed by atoms with van der Waals surface area (Å²) in [6, 6.07) is 4.36. The van der Waals surface area contributed by atoms with E-state index in [1.54, 1.807) is 0 Å². The van der Waals surface area contributed by atoms with E-state index in [1.165, 1.54) is 32.0 Å². The van der Waals surface area contributed by atoms with Crippen LogP contribution >= 0.6 is 0 Å². The summed E-state index contributed by atoms with van der Waals surface area (Å²) >= 11 is 0. The van der Waals surface area contributed by atoms with Gasteiger partial charge in [-0.25, -0.2) is 0 Å². The van der Waals surface area contributed by atoms with Gasteiger partial charge in [0.15, 0.2) is 5.78 Å². The Morgan fingerprint density at radius 2 is 1.76 bits per heavy atom. The van der Waals surface area contributed by atoms with Gasteiger partial charge in [0.25, 0.3) is 0 Å². The van der Waals surface area contributed by atoms with Gasteiger partial charge in [-0.1, -0.05) is 6.07 Å². The Morgan fingerprint density at radius 3 is 2.35 bits per heavy atom. The average Bonchev–Trinajstić information content (AvgIpc) is 2.26. The third kappa shape index (κ3) is 1.58. The predicted molar refractivity (Wildman–Crippen MR) is 63.7 cm³/mol. The molecule has 0 unspecified atom stereocenters. The Morgan fingerprint density at radius 1 is 1.12 bits per heavy atom. The second-order valence-electron chi connectivity index (χ2n) is 3.98. The van der Waals surface area contributed by atoms with Crippen molar-refractivity contribution < 1.29 is 20.1 Å². The van der Waals surface area contributed by atoms with Crippen LogP contribution in [0.3, 0.4) is 0 Å². The largest absolute Gasteiger partial charge is 0.508 e. The van der Waals surface area contributed by atoms with Gasteiger partial charge in [-0.05, 0) is 31.4 Å². The van der Waals surface area contributed by atoms with Crippen LogP contribution in [0.2, 0.25) is 0 Å². The van der Waals surface area contributed by atoms with Crippen LogP contribution in [0.5, 0.6) is 17.2 Å². The Bertz CT molecular complexity index is 629. The quantitative estimate of drug-likeness (QED) is 0.660. The van der Waals surface area contributed by atoms with Gasteiger partial charge >= 0.3 is 0 Å². The number of aromatic hydroxyl groups is 3. The molecule has 4 heteroatoms. The number of fused-ring (bicyclic) bond motifs is 1. The van der Waals surface area contributed by atoms with Crippen LogP contribution < -0.4 is 0 Å². The number of ketones is 1. The number of hydrogen-bond acceptors (Lipinski definition) is 4. The number of carbonyl (C=O) groups excluding carboxylic acids is 1. The molecule has 0 aromatic heterocycles. The highest BCUT2D eigenvalue weighted by Crippen LogP contribution is 2.39. The van der Waals surface area contributed by atoms with Crippen molar-refractivity contribution in [3.05, 3.63) is 29.3 Å². The third-order valence-electron chi connectivity index (χ3n) is 2.84. The topological polar surface area (TPSA) is 77.8 Å². The molecule has 0 aliphatic rings. The SMILES string of the molecule is CC(=O)c1c(O)ccc2cc(O)c(C)c(O)c12. The first kappa shape index (κ1) is 11.3. The molecule has 17 heavy (non-hydrogen) atoms. The summed E-state index contributed by atoms with van der Waals surface area (Å²) < 4.78 is 0. The summed E-state index contributed by atoms with van der Waals surface area (Å²) in [4.78, 5) is 11.5. The Kier molecular flexibility index (Phi) is 2.42. The summed E-state index contributed by atoms with van der Waals surface area (Å²) in [6.07, 6.45) is 0.